The Morgan fingerprint density at radius 2 is 2.00 bits per heavy atom. The van der Waals surface area contributed by atoms with Crippen molar-refractivity contribution in [1.82, 2.24) is 0 Å². The molecular formula is C13H16BrNO3. The van der Waals surface area contributed by atoms with E-state index in [0.717, 1.165) is 10.0 Å². The molecule has 1 aromatic rings. The van der Waals surface area contributed by atoms with E-state index in [0.29, 0.717) is 5.69 Å². The minimum Gasteiger partial charge on any atom is -0.481 e. The van der Waals surface area contributed by atoms with Crippen LogP contribution in [0.3, 0.4) is 0 Å². The van der Waals surface area contributed by atoms with Crippen molar-refractivity contribution in [2.24, 2.45) is 5.41 Å². The van der Waals surface area contributed by atoms with Crippen LogP contribution in [0.4, 0.5) is 5.69 Å². The molecule has 0 unspecified atom stereocenters. The zero-order valence-corrected chi connectivity index (χ0v) is 12.2. The number of aliphatic carboxylic acids is 1. The molecule has 0 radical (unpaired) electrons. The van der Waals surface area contributed by atoms with Crippen LogP contribution in [-0.2, 0) is 9.59 Å². The van der Waals surface area contributed by atoms with Crippen molar-refractivity contribution in [3.05, 3.63) is 28.2 Å². The lowest BCUT2D eigenvalue weighted by molar-refractivity contribution is -0.142. The molecular weight excluding hydrogens is 298 g/mol. The zero-order chi connectivity index (χ0) is 13.9. The van der Waals surface area contributed by atoms with Gasteiger partial charge in [-0.25, -0.2) is 0 Å². The highest BCUT2D eigenvalue weighted by atomic mass is 79.9. The van der Waals surface area contributed by atoms with E-state index in [-0.39, 0.29) is 12.3 Å². The second-order valence-corrected chi connectivity index (χ2v) is 5.75. The third-order valence-corrected chi connectivity index (χ3v) is 3.24. The molecule has 0 aliphatic heterocycles. The number of benzene rings is 1. The Kier molecular flexibility index (Phi) is 4.51. The van der Waals surface area contributed by atoms with Gasteiger partial charge in [0.1, 0.15) is 0 Å². The average molecular weight is 314 g/mol. The average Bonchev–Trinajstić information content (AvgIpc) is 2.20. The molecule has 2 N–H and O–H groups in total. The summed E-state index contributed by atoms with van der Waals surface area (Å²) in [5.74, 6) is -1.30. The molecule has 0 saturated heterocycles. The highest BCUT2D eigenvalue weighted by Crippen LogP contribution is 2.27. The van der Waals surface area contributed by atoms with Gasteiger partial charge in [0.05, 0.1) is 17.5 Å². The van der Waals surface area contributed by atoms with Crippen LogP contribution < -0.4 is 5.32 Å². The molecule has 0 heterocycles. The third kappa shape index (κ3) is 3.84. The Bertz CT molecular complexity index is 483. The lowest BCUT2D eigenvalue weighted by atomic mass is 9.88. The summed E-state index contributed by atoms with van der Waals surface area (Å²) in [4.78, 5) is 22.7. The van der Waals surface area contributed by atoms with E-state index in [9.17, 15) is 9.59 Å². The molecule has 1 rings (SSSR count). The molecule has 0 aliphatic carbocycles. The van der Waals surface area contributed by atoms with Crippen LogP contribution >= 0.6 is 15.9 Å². The topological polar surface area (TPSA) is 66.4 Å². The SMILES string of the molecule is Cc1ccc(NC(=O)C(C)(C)CC(=O)O)c(Br)c1. The predicted octanol–water partition coefficient (Wildman–Crippen LogP) is 3.20. The Balaban J connectivity index is 2.84. The van der Waals surface area contributed by atoms with Gasteiger partial charge in [-0.15, -0.1) is 0 Å². The zero-order valence-electron chi connectivity index (χ0n) is 10.6. The first-order valence-electron chi connectivity index (χ1n) is 5.52. The number of carboxylic acid groups (broad SMARTS) is 1. The largest absolute Gasteiger partial charge is 0.481 e. The van der Waals surface area contributed by atoms with Gasteiger partial charge in [-0.3, -0.25) is 9.59 Å². The first-order chi connectivity index (χ1) is 8.22. The Labute approximate surface area is 115 Å². The van der Waals surface area contributed by atoms with Crippen LogP contribution in [-0.4, -0.2) is 17.0 Å². The monoisotopic (exact) mass is 313 g/mol. The number of amides is 1. The van der Waals surface area contributed by atoms with Crippen molar-refractivity contribution in [3.63, 3.8) is 0 Å². The van der Waals surface area contributed by atoms with E-state index >= 15 is 0 Å². The second-order valence-electron chi connectivity index (χ2n) is 4.89. The number of hydrogen-bond donors (Lipinski definition) is 2. The summed E-state index contributed by atoms with van der Waals surface area (Å²) in [6, 6.07) is 5.55. The van der Waals surface area contributed by atoms with E-state index in [1.165, 1.54) is 0 Å². The van der Waals surface area contributed by atoms with Gasteiger partial charge in [-0.2, -0.15) is 0 Å². The molecule has 5 heteroatoms. The lowest BCUT2D eigenvalue weighted by Gasteiger charge is -2.21. The summed E-state index contributed by atoms with van der Waals surface area (Å²) >= 11 is 3.36. The highest BCUT2D eigenvalue weighted by Gasteiger charge is 2.30. The van der Waals surface area contributed by atoms with Crippen molar-refractivity contribution in [3.8, 4) is 0 Å². The number of rotatable bonds is 4. The Morgan fingerprint density at radius 1 is 1.39 bits per heavy atom. The fourth-order valence-corrected chi connectivity index (χ4v) is 2.06. The van der Waals surface area contributed by atoms with Crippen LogP contribution in [0, 0.1) is 12.3 Å². The van der Waals surface area contributed by atoms with Gasteiger partial charge in [0.15, 0.2) is 0 Å². The normalized spacial score (nSPS) is 11.1. The number of carbonyl (C=O) groups is 2. The van der Waals surface area contributed by atoms with E-state index < -0.39 is 11.4 Å². The van der Waals surface area contributed by atoms with Crippen molar-refractivity contribution >= 4 is 33.5 Å². The van der Waals surface area contributed by atoms with Gasteiger partial charge in [-0.05, 0) is 40.5 Å². The summed E-state index contributed by atoms with van der Waals surface area (Å²) in [6.45, 7) is 5.17. The van der Waals surface area contributed by atoms with Crippen molar-refractivity contribution in [2.45, 2.75) is 27.2 Å². The predicted molar refractivity (Wildman–Crippen MR) is 73.5 cm³/mol. The quantitative estimate of drug-likeness (QED) is 0.897. The summed E-state index contributed by atoms with van der Waals surface area (Å²) in [6.07, 6.45) is -0.206. The second kappa shape index (κ2) is 5.52. The van der Waals surface area contributed by atoms with Crippen molar-refractivity contribution < 1.29 is 14.7 Å². The molecule has 0 spiro atoms. The third-order valence-electron chi connectivity index (χ3n) is 2.58. The van der Waals surface area contributed by atoms with E-state index in [2.05, 4.69) is 21.2 Å². The molecule has 0 atom stereocenters. The molecule has 4 nitrogen and oxygen atoms in total. The fourth-order valence-electron chi connectivity index (χ4n) is 1.47. The number of nitrogens with one attached hydrogen (secondary N) is 1. The van der Waals surface area contributed by atoms with E-state index in [1.54, 1.807) is 19.9 Å². The van der Waals surface area contributed by atoms with Crippen molar-refractivity contribution in [2.75, 3.05) is 5.32 Å². The molecule has 0 fully saturated rings. The van der Waals surface area contributed by atoms with Crippen LogP contribution in [0.15, 0.2) is 22.7 Å². The molecule has 0 saturated carbocycles. The molecule has 0 bridgehead atoms. The van der Waals surface area contributed by atoms with Crippen LogP contribution in [0.5, 0.6) is 0 Å². The van der Waals surface area contributed by atoms with Gasteiger partial charge < -0.3 is 10.4 Å². The van der Waals surface area contributed by atoms with Gasteiger partial charge >= 0.3 is 5.97 Å². The van der Waals surface area contributed by atoms with E-state index in [1.807, 2.05) is 19.1 Å². The molecule has 1 aromatic carbocycles. The summed E-state index contributed by atoms with van der Waals surface area (Å²) < 4.78 is 0.780. The molecule has 0 aliphatic rings. The first-order valence-corrected chi connectivity index (χ1v) is 6.31. The Hall–Kier alpha value is -1.36. The highest BCUT2D eigenvalue weighted by molar-refractivity contribution is 9.10. The number of hydrogen-bond acceptors (Lipinski definition) is 2. The minimum absolute atomic E-state index is 0.206. The Morgan fingerprint density at radius 3 is 2.50 bits per heavy atom. The van der Waals surface area contributed by atoms with Crippen LogP contribution in [0.2, 0.25) is 0 Å². The number of halogens is 1. The van der Waals surface area contributed by atoms with E-state index in [4.69, 9.17) is 5.11 Å². The van der Waals surface area contributed by atoms with Gasteiger partial charge in [0.2, 0.25) is 5.91 Å². The summed E-state index contributed by atoms with van der Waals surface area (Å²) in [5, 5.41) is 11.5. The fraction of sp³-hybridized carbons (Fsp3) is 0.385. The van der Waals surface area contributed by atoms with Gasteiger partial charge in [-0.1, -0.05) is 19.9 Å². The summed E-state index contributed by atoms with van der Waals surface area (Å²) in [7, 11) is 0. The maximum atomic E-state index is 12.0. The summed E-state index contributed by atoms with van der Waals surface area (Å²) in [5.41, 5.74) is 0.768. The number of aryl methyl sites for hydroxylation is 1. The number of carbonyl (C=O) groups excluding carboxylic acids is 1. The smallest absolute Gasteiger partial charge is 0.304 e. The maximum Gasteiger partial charge on any atom is 0.304 e. The van der Waals surface area contributed by atoms with Gasteiger partial charge in [0, 0.05) is 4.47 Å². The molecule has 18 heavy (non-hydrogen) atoms. The number of carboxylic acids is 1. The molecule has 1 amide bonds. The molecule has 0 aromatic heterocycles. The lowest BCUT2D eigenvalue weighted by Crippen LogP contribution is -2.33. The standard InChI is InChI=1S/C13H16BrNO3/c1-8-4-5-10(9(14)6-8)15-12(18)13(2,3)7-11(16)17/h4-6H,7H2,1-3H3,(H,15,18)(H,16,17). The van der Waals surface area contributed by atoms with Crippen LogP contribution in [0.1, 0.15) is 25.8 Å². The van der Waals surface area contributed by atoms with Gasteiger partial charge in [0.25, 0.3) is 0 Å². The maximum absolute atomic E-state index is 12.0. The number of anilines is 1. The first kappa shape index (κ1) is 14.7. The van der Waals surface area contributed by atoms with Crippen molar-refractivity contribution in [1.29, 1.82) is 0 Å². The van der Waals surface area contributed by atoms with Crippen LogP contribution in [0.25, 0.3) is 0 Å². The molecule has 98 valence electrons. The minimum atomic E-state index is -0.988.